The maximum atomic E-state index is 5.79. The lowest BCUT2D eigenvalue weighted by Gasteiger charge is -2.08. The molecule has 0 aliphatic rings. The van der Waals surface area contributed by atoms with Gasteiger partial charge < -0.3 is 21.2 Å². The molecule has 0 aliphatic carbocycles. The van der Waals surface area contributed by atoms with E-state index in [0.717, 1.165) is 11.4 Å². The third-order valence-electron chi connectivity index (χ3n) is 2.11. The second-order valence-corrected chi connectivity index (χ2v) is 3.28. The number of hydrogen-bond acceptors (Lipinski definition) is 4. The monoisotopic (exact) mass is 203 g/mol. The van der Waals surface area contributed by atoms with Crippen LogP contribution in [-0.2, 0) is 6.54 Å². The fourth-order valence-electron chi connectivity index (χ4n) is 1.34. The average molecular weight is 203 g/mol. The SMILES string of the molecule is Nc1ccc(NCc2ccco2)c(N)c1. The Labute approximate surface area is 87.9 Å². The number of nitrogens with one attached hydrogen (secondary N) is 1. The minimum atomic E-state index is 0.612. The zero-order valence-electron chi connectivity index (χ0n) is 8.23. The fraction of sp³-hybridized carbons (Fsp3) is 0.0909. The molecule has 0 aliphatic heterocycles. The predicted octanol–water partition coefficient (Wildman–Crippen LogP) is 2.06. The van der Waals surface area contributed by atoms with Gasteiger partial charge in [0, 0.05) is 5.69 Å². The Bertz CT molecular complexity index is 437. The standard InChI is InChI=1S/C11H13N3O/c12-8-3-4-11(10(13)6-8)14-7-9-2-1-5-15-9/h1-6,14H,7,12-13H2. The maximum absolute atomic E-state index is 5.79. The van der Waals surface area contributed by atoms with Gasteiger partial charge in [0.15, 0.2) is 0 Å². The number of nitrogen functional groups attached to an aromatic ring is 2. The van der Waals surface area contributed by atoms with Gasteiger partial charge in [-0.1, -0.05) is 0 Å². The van der Waals surface area contributed by atoms with Gasteiger partial charge >= 0.3 is 0 Å². The van der Waals surface area contributed by atoms with Gasteiger partial charge in [0.25, 0.3) is 0 Å². The van der Waals surface area contributed by atoms with Crippen LogP contribution in [0.3, 0.4) is 0 Å². The van der Waals surface area contributed by atoms with Gasteiger partial charge in [0.1, 0.15) is 5.76 Å². The highest BCUT2D eigenvalue weighted by atomic mass is 16.3. The first-order valence-corrected chi connectivity index (χ1v) is 4.67. The Hall–Kier alpha value is -2.10. The molecule has 4 heteroatoms. The summed E-state index contributed by atoms with van der Waals surface area (Å²) in [7, 11) is 0. The first kappa shape index (κ1) is 9.45. The molecule has 0 bridgehead atoms. The van der Waals surface area contributed by atoms with Crippen molar-refractivity contribution in [2.45, 2.75) is 6.54 Å². The van der Waals surface area contributed by atoms with E-state index >= 15 is 0 Å². The summed E-state index contributed by atoms with van der Waals surface area (Å²) >= 11 is 0. The zero-order chi connectivity index (χ0) is 10.7. The van der Waals surface area contributed by atoms with E-state index in [1.165, 1.54) is 0 Å². The summed E-state index contributed by atoms with van der Waals surface area (Å²) in [4.78, 5) is 0. The second kappa shape index (κ2) is 3.96. The summed E-state index contributed by atoms with van der Waals surface area (Å²) in [5, 5.41) is 3.17. The molecule has 2 rings (SSSR count). The highest BCUT2D eigenvalue weighted by molar-refractivity contribution is 5.70. The molecule has 1 heterocycles. The largest absolute Gasteiger partial charge is 0.467 e. The van der Waals surface area contributed by atoms with E-state index in [-0.39, 0.29) is 0 Å². The first-order chi connectivity index (χ1) is 7.25. The van der Waals surface area contributed by atoms with E-state index in [1.54, 1.807) is 18.4 Å². The topological polar surface area (TPSA) is 77.2 Å². The van der Waals surface area contributed by atoms with Crippen LogP contribution in [-0.4, -0.2) is 0 Å². The van der Waals surface area contributed by atoms with Crippen LogP contribution in [0.25, 0.3) is 0 Å². The number of benzene rings is 1. The maximum Gasteiger partial charge on any atom is 0.122 e. The summed E-state index contributed by atoms with van der Waals surface area (Å²) in [5.41, 5.74) is 13.5. The molecule has 2 aromatic rings. The molecule has 0 saturated heterocycles. The lowest BCUT2D eigenvalue weighted by molar-refractivity contribution is 0.518. The number of nitrogens with two attached hydrogens (primary N) is 2. The minimum absolute atomic E-state index is 0.612. The Morgan fingerprint density at radius 3 is 2.73 bits per heavy atom. The smallest absolute Gasteiger partial charge is 0.122 e. The van der Waals surface area contributed by atoms with E-state index in [4.69, 9.17) is 15.9 Å². The highest BCUT2D eigenvalue weighted by Crippen LogP contribution is 2.21. The van der Waals surface area contributed by atoms with Crippen LogP contribution in [0, 0.1) is 0 Å². The van der Waals surface area contributed by atoms with E-state index in [1.807, 2.05) is 18.2 Å². The molecule has 0 fully saturated rings. The molecule has 0 unspecified atom stereocenters. The van der Waals surface area contributed by atoms with Gasteiger partial charge in [-0.15, -0.1) is 0 Å². The molecule has 4 nitrogen and oxygen atoms in total. The third kappa shape index (κ3) is 2.22. The van der Waals surface area contributed by atoms with Crippen LogP contribution >= 0.6 is 0 Å². The van der Waals surface area contributed by atoms with Crippen molar-refractivity contribution in [3.8, 4) is 0 Å². The van der Waals surface area contributed by atoms with E-state index in [9.17, 15) is 0 Å². The summed E-state index contributed by atoms with van der Waals surface area (Å²) in [5.74, 6) is 0.867. The molecule has 0 amide bonds. The molecule has 78 valence electrons. The number of anilines is 3. The molecule has 5 N–H and O–H groups in total. The Balaban J connectivity index is 2.05. The van der Waals surface area contributed by atoms with E-state index in [2.05, 4.69) is 5.32 Å². The molecule has 0 spiro atoms. The molecule has 0 radical (unpaired) electrons. The number of furan rings is 1. The number of rotatable bonds is 3. The minimum Gasteiger partial charge on any atom is -0.467 e. The summed E-state index contributed by atoms with van der Waals surface area (Å²) in [6, 6.07) is 9.14. The Morgan fingerprint density at radius 2 is 2.07 bits per heavy atom. The summed E-state index contributed by atoms with van der Waals surface area (Å²) in [6.07, 6.45) is 1.64. The van der Waals surface area contributed by atoms with Crippen molar-refractivity contribution < 1.29 is 4.42 Å². The van der Waals surface area contributed by atoms with Crippen LogP contribution in [0.4, 0.5) is 17.1 Å². The quantitative estimate of drug-likeness (QED) is 0.667. The van der Waals surface area contributed by atoms with E-state index < -0.39 is 0 Å². The van der Waals surface area contributed by atoms with Crippen LogP contribution < -0.4 is 16.8 Å². The molecule has 1 aromatic heterocycles. The van der Waals surface area contributed by atoms with Gasteiger partial charge in [-0.05, 0) is 30.3 Å². The van der Waals surface area contributed by atoms with Crippen LogP contribution in [0.1, 0.15) is 5.76 Å². The predicted molar refractivity (Wildman–Crippen MR) is 61.3 cm³/mol. The van der Waals surface area contributed by atoms with Gasteiger partial charge in [-0.2, -0.15) is 0 Å². The highest BCUT2D eigenvalue weighted by Gasteiger charge is 2.00. The van der Waals surface area contributed by atoms with Crippen molar-refractivity contribution in [3.05, 3.63) is 42.4 Å². The normalized spacial score (nSPS) is 10.1. The van der Waals surface area contributed by atoms with Gasteiger partial charge in [0.05, 0.1) is 24.2 Å². The lowest BCUT2D eigenvalue weighted by atomic mass is 10.2. The van der Waals surface area contributed by atoms with Crippen LogP contribution in [0.15, 0.2) is 41.0 Å². The molecular formula is C11H13N3O. The molecule has 0 atom stereocenters. The summed E-state index contributed by atoms with van der Waals surface area (Å²) in [6.45, 7) is 0.612. The van der Waals surface area contributed by atoms with Crippen LogP contribution in [0.2, 0.25) is 0 Å². The Kier molecular flexibility index (Phi) is 2.49. The zero-order valence-corrected chi connectivity index (χ0v) is 8.23. The summed E-state index contributed by atoms with van der Waals surface area (Å²) < 4.78 is 5.19. The molecule has 1 aromatic carbocycles. The van der Waals surface area contributed by atoms with Crippen molar-refractivity contribution in [2.24, 2.45) is 0 Å². The van der Waals surface area contributed by atoms with Crippen molar-refractivity contribution in [1.82, 2.24) is 0 Å². The lowest BCUT2D eigenvalue weighted by Crippen LogP contribution is -2.02. The van der Waals surface area contributed by atoms with Gasteiger partial charge in [-0.3, -0.25) is 0 Å². The van der Waals surface area contributed by atoms with Gasteiger partial charge in [0.2, 0.25) is 0 Å². The van der Waals surface area contributed by atoms with Crippen molar-refractivity contribution >= 4 is 17.1 Å². The Morgan fingerprint density at radius 1 is 1.20 bits per heavy atom. The molecule has 15 heavy (non-hydrogen) atoms. The van der Waals surface area contributed by atoms with E-state index in [0.29, 0.717) is 17.9 Å². The van der Waals surface area contributed by atoms with Crippen molar-refractivity contribution in [3.63, 3.8) is 0 Å². The van der Waals surface area contributed by atoms with Gasteiger partial charge in [-0.25, -0.2) is 0 Å². The number of hydrogen-bond donors (Lipinski definition) is 3. The first-order valence-electron chi connectivity index (χ1n) is 4.67. The fourth-order valence-corrected chi connectivity index (χ4v) is 1.34. The van der Waals surface area contributed by atoms with Crippen LogP contribution in [0.5, 0.6) is 0 Å². The molecule has 0 saturated carbocycles. The average Bonchev–Trinajstić information content (AvgIpc) is 2.69. The third-order valence-corrected chi connectivity index (χ3v) is 2.11. The van der Waals surface area contributed by atoms with Crippen molar-refractivity contribution in [1.29, 1.82) is 0 Å². The molecular weight excluding hydrogens is 190 g/mol. The van der Waals surface area contributed by atoms with Crippen molar-refractivity contribution in [2.75, 3.05) is 16.8 Å². The second-order valence-electron chi connectivity index (χ2n) is 3.28.